The van der Waals surface area contributed by atoms with Gasteiger partial charge in [0.25, 0.3) is 5.91 Å². The fraction of sp³-hybridized carbons (Fsp3) is 0.393. The number of methoxy groups -OCH3 is 1. The van der Waals surface area contributed by atoms with Crippen LogP contribution >= 0.6 is 0 Å². The number of imidazole rings is 2. The summed E-state index contributed by atoms with van der Waals surface area (Å²) in [5.41, 5.74) is 10.4. The van der Waals surface area contributed by atoms with Crippen LogP contribution in [0, 0.1) is 5.92 Å². The average molecular weight is 485 g/mol. The van der Waals surface area contributed by atoms with Crippen molar-refractivity contribution in [1.82, 2.24) is 24.0 Å². The number of fused-ring (bicyclic) bond motifs is 1. The summed E-state index contributed by atoms with van der Waals surface area (Å²) < 4.78 is 10.1. The molecule has 1 amide bonds. The molecule has 36 heavy (non-hydrogen) atoms. The summed E-state index contributed by atoms with van der Waals surface area (Å²) in [5, 5.41) is 0. The molecule has 0 radical (unpaired) electrons. The van der Waals surface area contributed by atoms with Gasteiger partial charge in [-0.3, -0.25) is 4.79 Å². The van der Waals surface area contributed by atoms with E-state index in [0.29, 0.717) is 23.8 Å². The van der Waals surface area contributed by atoms with Crippen LogP contribution < -0.4 is 10.5 Å². The van der Waals surface area contributed by atoms with Crippen LogP contribution in [0.3, 0.4) is 0 Å². The van der Waals surface area contributed by atoms with Crippen molar-refractivity contribution in [2.75, 3.05) is 20.2 Å². The van der Waals surface area contributed by atoms with E-state index in [2.05, 4.69) is 21.3 Å². The van der Waals surface area contributed by atoms with Gasteiger partial charge in [-0.2, -0.15) is 0 Å². The zero-order valence-electron chi connectivity index (χ0n) is 20.9. The maximum atomic E-state index is 13.3. The van der Waals surface area contributed by atoms with Gasteiger partial charge in [0.15, 0.2) is 5.82 Å². The quantitative estimate of drug-likeness (QED) is 0.445. The van der Waals surface area contributed by atoms with Crippen LogP contribution in [0.1, 0.15) is 36.0 Å². The summed E-state index contributed by atoms with van der Waals surface area (Å²) in [6.45, 7) is 2.22. The number of carbonyl (C=O) groups is 1. The lowest BCUT2D eigenvalue weighted by Gasteiger charge is -2.30. The molecule has 2 aromatic carbocycles. The van der Waals surface area contributed by atoms with Crippen molar-refractivity contribution in [3.8, 4) is 28.7 Å². The topological polar surface area (TPSA) is 91.2 Å². The lowest BCUT2D eigenvalue weighted by atomic mass is 10.0. The number of benzene rings is 2. The Morgan fingerprint density at radius 1 is 1.14 bits per heavy atom. The van der Waals surface area contributed by atoms with Crippen molar-refractivity contribution in [3.63, 3.8) is 0 Å². The van der Waals surface area contributed by atoms with Crippen molar-refractivity contribution in [3.05, 3.63) is 54.2 Å². The summed E-state index contributed by atoms with van der Waals surface area (Å²) in [6, 6.07) is 14.0. The number of hydrogen-bond acceptors (Lipinski definition) is 5. The van der Waals surface area contributed by atoms with Crippen LogP contribution in [0.15, 0.2) is 48.7 Å². The number of rotatable bonds is 6. The van der Waals surface area contributed by atoms with E-state index in [1.54, 1.807) is 7.11 Å². The molecule has 186 valence electrons. The number of carbonyl (C=O) groups excluding carboxylic acids is 1. The van der Waals surface area contributed by atoms with Crippen molar-refractivity contribution >= 4 is 16.9 Å². The molecule has 0 spiro atoms. The number of aromatic nitrogens is 4. The second kappa shape index (κ2) is 9.09. The molecule has 0 unspecified atom stereocenters. The SMILES string of the molecule is COc1cc(C(=O)N2CCC[C@@H](N)C2)cc2nc(-c3cnc(-c4ccccc4)n3CC3CC3)n(C)c12. The highest BCUT2D eigenvalue weighted by molar-refractivity contribution is 6.00. The lowest BCUT2D eigenvalue weighted by Crippen LogP contribution is -2.45. The van der Waals surface area contributed by atoms with Gasteiger partial charge in [-0.15, -0.1) is 0 Å². The van der Waals surface area contributed by atoms with E-state index in [-0.39, 0.29) is 11.9 Å². The van der Waals surface area contributed by atoms with Crippen LogP contribution in [0.25, 0.3) is 33.9 Å². The molecule has 3 heterocycles. The molecule has 6 rings (SSSR count). The molecule has 2 N–H and O–H groups in total. The molecule has 8 heteroatoms. The third-order valence-corrected chi connectivity index (χ3v) is 7.40. The monoisotopic (exact) mass is 484 g/mol. The van der Waals surface area contributed by atoms with Gasteiger partial charge >= 0.3 is 0 Å². The summed E-state index contributed by atoms with van der Waals surface area (Å²) in [6.07, 6.45) is 6.28. The first-order valence-electron chi connectivity index (χ1n) is 12.7. The van der Waals surface area contributed by atoms with Crippen molar-refractivity contribution in [2.24, 2.45) is 18.7 Å². The number of hydrogen-bond donors (Lipinski definition) is 1. The number of nitrogens with two attached hydrogens (primary N) is 1. The molecule has 8 nitrogen and oxygen atoms in total. The van der Waals surface area contributed by atoms with Gasteiger partial charge in [0, 0.05) is 43.9 Å². The van der Waals surface area contributed by atoms with Crippen LogP contribution in [0.2, 0.25) is 0 Å². The first-order chi connectivity index (χ1) is 17.5. The maximum absolute atomic E-state index is 13.3. The minimum Gasteiger partial charge on any atom is -0.494 e. The van der Waals surface area contributed by atoms with E-state index < -0.39 is 0 Å². The Morgan fingerprint density at radius 2 is 1.94 bits per heavy atom. The third kappa shape index (κ3) is 4.05. The molecule has 1 aliphatic carbocycles. The molecule has 1 saturated heterocycles. The Kier molecular flexibility index (Phi) is 5.76. The number of piperidine rings is 1. The number of aryl methyl sites for hydroxylation is 1. The number of ether oxygens (including phenoxy) is 1. The predicted molar refractivity (Wildman–Crippen MR) is 140 cm³/mol. The van der Waals surface area contributed by atoms with E-state index in [4.69, 9.17) is 20.4 Å². The Morgan fingerprint density at radius 3 is 2.67 bits per heavy atom. The predicted octanol–water partition coefficient (Wildman–Crippen LogP) is 4.09. The Bertz CT molecular complexity index is 1420. The zero-order chi connectivity index (χ0) is 24.8. The third-order valence-electron chi connectivity index (χ3n) is 7.40. The Labute approximate surface area is 210 Å². The number of amides is 1. The number of nitrogens with zero attached hydrogens (tertiary/aromatic N) is 5. The second-order valence-electron chi connectivity index (χ2n) is 10.1. The largest absolute Gasteiger partial charge is 0.494 e. The molecular weight excluding hydrogens is 452 g/mol. The highest BCUT2D eigenvalue weighted by Crippen LogP contribution is 2.37. The fourth-order valence-electron chi connectivity index (χ4n) is 5.31. The minimum atomic E-state index is -0.0253. The van der Waals surface area contributed by atoms with E-state index >= 15 is 0 Å². The van der Waals surface area contributed by atoms with Crippen molar-refractivity contribution in [2.45, 2.75) is 38.3 Å². The minimum absolute atomic E-state index is 0.0253. The van der Waals surface area contributed by atoms with Crippen molar-refractivity contribution < 1.29 is 9.53 Å². The van der Waals surface area contributed by atoms with Gasteiger partial charge < -0.3 is 24.5 Å². The van der Waals surface area contributed by atoms with Gasteiger partial charge in [0.2, 0.25) is 0 Å². The second-order valence-corrected chi connectivity index (χ2v) is 10.1. The first kappa shape index (κ1) is 22.8. The smallest absolute Gasteiger partial charge is 0.254 e. The number of likely N-dealkylation sites (tertiary alicyclic amines) is 1. The lowest BCUT2D eigenvalue weighted by molar-refractivity contribution is 0.0708. The average Bonchev–Trinajstić information content (AvgIpc) is 3.54. The Hall–Kier alpha value is -3.65. The van der Waals surface area contributed by atoms with Crippen LogP contribution in [0.5, 0.6) is 5.75 Å². The van der Waals surface area contributed by atoms with Gasteiger partial charge in [-0.1, -0.05) is 30.3 Å². The van der Waals surface area contributed by atoms with Crippen LogP contribution in [-0.2, 0) is 13.6 Å². The van der Waals surface area contributed by atoms with E-state index in [1.807, 2.05) is 48.5 Å². The summed E-state index contributed by atoms with van der Waals surface area (Å²) >= 11 is 0. The zero-order valence-corrected chi connectivity index (χ0v) is 20.9. The van der Waals surface area contributed by atoms with E-state index in [0.717, 1.165) is 59.9 Å². The summed E-state index contributed by atoms with van der Waals surface area (Å²) in [4.78, 5) is 25.0. The van der Waals surface area contributed by atoms with E-state index in [9.17, 15) is 4.79 Å². The molecule has 4 aromatic rings. The highest BCUT2D eigenvalue weighted by atomic mass is 16.5. The summed E-state index contributed by atoms with van der Waals surface area (Å²) in [7, 11) is 3.63. The summed E-state index contributed by atoms with van der Waals surface area (Å²) in [5.74, 6) is 3.04. The molecule has 2 fully saturated rings. The molecule has 0 bridgehead atoms. The van der Waals surface area contributed by atoms with Gasteiger partial charge in [-0.25, -0.2) is 9.97 Å². The first-order valence-corrected chi connectivity index (χ1v) is 12.7. The van der Waals surface area contributed by atoms with E-state index in [1.165, 1.54) is 12.8 Å². The van der Waals surface area contributed by atoms with Gasteiger partial charge in [-0.05, 0) is 43.7 Å². The van der Waals surface area contributed by atoms with Crippen LogP contribution in [-0.4, -0.2) is 56.2 Å². The molecule has 1 saturated carbocycles. The molecule has 2 aliphatic rings. The van der Waals surface area contributed by atoms with Crippen LogP contribution in [0.4, 0.5) is 0 Å². The normalized spacial score (nSPS) is 18.1. The highest BCUT2D eigenvalue weighted by Gasteiger charge is 2.28. The fourth-order valence-corrected chi connectivity index (χ4v) is 5.31. The molecule has 1 atom stereocenters. The molecule has 2 aromatic heterocycles. The molecular formula is C28H32N6O2. The standard InChI is InChI=1S/C28H32N6O2/c1-32-25-22(13-20(14-24(25)36-2)28(35)33-12-6-9-21(29)17-33)31-27(32)23-15-30-26(19-7-4-3-5-8-19)34(23)16-18-10-11-18/h3-5,7-8,13-15,18,21H,6,9-12,16-17,29H2,1-2H3/t21-/m1/s1. The van der Waals surface area contributed by atoms with Gasteiger partial charge in [0.1, 0.15) is 22.8 Å². The Balaban J connectivity index is 1.45. The van der Waals surface area contributed by atoms with Gasteiger partial charge in [0.05, 0.1) is 18.8 Å². The maximum Gasteiger partial charge on any atom is 0.254 e. The van der Waals surface area contributed by atoms with Crippen molar-refractivity contribution in [1.29, 1.82) is 0 Å². The molecule has 1 aliphatic heterocycles.